The second-order valence-electron chi connectivity index (χ2n) is 3.59. The summed E-state index contributed by atoms with van der Waals surface area (Å²) in [7, 11) is 0. The van der Waals surface area contributed by atoms with Crippen molar-refractivity contribution in [1.82, 2.24) is 0 Å². The van der Waals surface area contributed by atoms with E-state index in [1.807, 2.05) is 0 Å². The van der Waals surface area contributed by atoms with E-state index in [4.69, 9.17) is 51.1 Å². The Morgan fingerprint density at radius 1 is 0.833 bits per heavy atom. The van der Waals surface area contributed by atoms with Crippen LogP contribution in [-0.4, -0.2) is 0 Å². The largest absolute Gasteiger partial charge is 0.457 e. The third-order valence-corrected chi connectivity index (χ3v) is 3.19. The van der Waals surface area contributed by atoms with Crippen LogP contribution in [0.3, 0.4) is 0 Å². The minimum Gasteiger partial charge on any atom is -0.457 e. The number of ether oxygens (including phenoxy) is 1. The highest BCUT2D eigenvalue weighted by molar-refractivity contribution is 6.34. The molecule has 0 fully saturated rings. The van der Waals surface area contributed by atoms with Crippen molar-refractivity contribution in [2.24, 2.45) is 0 Å². The quantitative estimate of drug-likeness (QED) is 0.613. The second-order valence-corrected chi connectivity index (χ2v) is 5.17. The molecule has 0 atom stereocenters. The summed E-state index contributed by atoms with van der Waals surface area (Å²) in [6.07, 6.45) is 0. The average molecular weight is 322 g/mol. The van der Waals surface area contributed by atoms with Crippen molar-refractivity contribution in [2.45, 2.75) is 5.88 Å². The van der Waals surface area contributed by atoms with Crippen LogP contribution in [-0.2, 0) is 5.88 Å². The first-order valence-electron chi connectivity index (χ1n) is 5.07. The maximum absolute atomic E-state index is 5.90. The van der Waals surface area contributed by atoms with Gasteiger partial charge in [0.15, 0.2) is 0 Å². The zero-order chi connectivity index (χ0) is 13.1. The summed E-state index contributed by atoms with van der Waals surface area (Å²) in [5.74, 6) is 1.50. The number of halogens is 4. The maximum Gasteiger partial charge on any atom is 0.131 e. The van der Waals surface area contributed by atoms with Crippen LogP contribution in [0.15, 0.2) is 36.4 Å². The highest BCUT2D eigenvalue weighted by Crippen LogP contribution is 2.32. The molecule has 2 rings (SSSR count). The monoisotopic (exact) mass is 320 g/mol. The molecule has 18 heavy (non-hydrogen) atoms. The van der Waals surface area contributed by atoms with Gasteiger partial charge in [-0.05, 0) is 36.4 Å². The Balaban J connectivity index is 2.33. The Hall–Kier alpha value is -0.600. The van der Waals surface area contributed by atoms with Crippen molar-refractivity contribution < 1.29 is 4.74 Å². The van der Waals surface area contributed by atoms with Crippen LogP contribution in [0.4, 0.5) is 0 Å². The van der Waals surface area contributed by atoms with Gasteiger partial charge in [-0.25, -0.2) is 0 Å². The van der Waals surface area contributed by atoms with Crippen molar-refractivity contribution in [3.8, 4) is 11.5 Å². The smallest absolute Gasteiger partial charge is 0.131 e. The SMILES string of the molecule is ClCc1cc(Cl)ccc1Oc1cc(Cl)cc(Cl)c1. The predicted molar refractivity (Wildman–Crippen MR) is 77.5 cm³/mol. The van der Waals surface area contributed by atoms with Crippen LogP contribution in [0.2, 0.25) is 15.1 Å². The topological polar surface area (TPSA) is 9.23 Å². The molecule has 0 bridgehead atoms. The molecule has 1 nitrogen and oxygen atoms in total. The summed E-state index contributed by atoms with van der Waals surface area (Å²) in [6.45, 7) is 0. The van der Waals surface area contributed by atoms with E-state index in [1.54, 1.807) is 36.4 Å². The summed E-state index contributed by atoms with van der Waals surface area (Å²) < 4.78 is 5.71. The lowest BCUT2D eigenvalue weighted by Crippen LogP contribution is -1.89. The van der Waals surface area contributed by atoms with Crippen LogP contribution < -0.4 is 4.74 Å². The Morgan fingerprint density at radius 2 is 1.50 bits per heavy atom. The second kappa shape index (κ2) is 6.03. The predicted octanol–water partition coefficient (Wildman–Crippen LogP) is 6.18. The first-order chi connectivity index (χ1) is 8.58. The first kappa shape index (κ1) is 13.8. The summed E-state index contributed by atoms with van der Waals surface area (Å²) in [4.78, 5) is 0. The molecule has 0 aliphatic carbocycles. The third-order valence-electron chi connectivity index (χ3n) is 2.23. The van der Waals surface area contributed by atoms with Gasteiger partial charge in [0.1, 0.15) is 11.5 Å². The molecule has 0 unspecified atom stereocenters. The summed E-state index contributed by atoms with van der Waals surface area (Å²) in [6, 6.07) is 10.3. The first-order valence-corrected chi connectivity index (χ1v) is 6.73. The molecule has 94 valence electrons. The van der Waals surface area contributed by atoms with E-state index in [0.29, 0.717) is 32.4 Å². The van der Waals surface area contributed by atoms with E-state index in [2.05, 4.69) is 0 Å². The zero-order valence-electron chi connectivity index (χ0n) is 9.09. The minimum absolute atomic E-state index is 0.310. The van der Waals surface area contributed by atoms with Crippen LogP contribution in [0.1, 0.15) is 5.56 Å². The highest BCUT2D eigenvalue weighted by Gasteiger charge is 2.06. The lowest BCUT2D eigenvalue weighted by Gasteiger charge is -2.10. The molecular formula is C13H8Cl4O. The number of rotatable bonds is 3. The average Bonchev–Trinajstić information content (AvgIpc) is 2.30. The molecule has 0 aromatic heterocycles. The molecule has 0 spiro atoms. The molecule has 2 aromatic carbocycles. The molecule has 0 heterocycles. The summed E-state index contributed by atoms with van der Waals surface area (Å²) in [5, 5.41) is 1.64. The summed E-state index contributed by atoms with van der Waals surface area (Å²) in [5.41, 5.74) is 0.806. The van der Waals surface area contributed by atoms with Crippen molar-refractivity contribution in [2.75, 3.05) is 0 Å². The normalized spacial score (nSPS) is 10.4. The van der Waals surface area contributed by atoms with E-state index in [1.165, 1.54) is 0 Å². The minimum atomic E-state index is 0.310. The number of hydrogen-bond donors (Lipinski definition) is 0. The fourth-order valence-corrected chi connectivity index (χ4v) is 2.38. The van der Waals surface area contributed by atoms with E-state index in [-0.39, 0.29) is 0 Å². The van der Waals surface area contributed by atoms with E-state index in [0.717, 1.165) is 5.56 Å². The van der Waals surface area contributed by atoms with Crippen LogP contribution in [0.25, 0.3) is 0 Å². The molecule has 0 amide bonds. The van der Waals surface area contributed by atoms with Gasteiger partial charge in [0.05, 0.1) is 5.88 Å². The van der Waals surface area contributed by atoms with Gasteiger partial charge in [-0.1, -0.05) is 34.8 Å². The Bertz CT molecular complexity index is 549. The van der Waals surface area contributed by atoms with Crippen molar-refractivity contribution in [3.05, 3.63) is 57.0 Å². The van der Waals surface area contributed by atoms with Gasteiger partial charge in [0.25, 0.3) is 0 Å². The molecule has 0 aliphatic heterocycles. The lowest BCUT2D eigenvalue weighted by atomic mass is 10.2. The lowest BCUT2D eigenvalue weighted by molar-refractivity contribution is 0.478. The van der Waals surface area contributed by atoms with Gasteiger partial charge in [0, 0.05) is 20.6 Å². The van der Waals surface area contributed by atoms with Gasteiger partial charge in [-0.15, -0.1) is 11.6 Å². The van der Waals surface area contributed by atoms with Gasteiger partial charge in [0.2, 0.25) is 0 Å². The molecular weight excluding hydrogens is 314 g/mol. The van der Waals surface area contributed by atoms with Crippen molar-refractivity contribution in [3.63, 3.8) is 0 Å². The van der Waals surface area contributed by atoms with Crippen molar-refractivity contribution >= 4 is 46.4 Å². The van der Waals surface area contributed by atoms with Crippen LogP contribution in [0, 0.1) is 0 Å². The molecule has 2 aromatic rings. The Kier molecular flexibility index (Phi) is 4.63. The van der Waals surface area contributed by atoms with E-state index in [9.17, 15) is 0 Å². The third kappa shape index (κ3) is 3.46. The Labute approximate surface area is 125 Å². The van der Waals surface area contributed by atoms with E-state index < -0.39 is 0 Å². The van der Waals surface area contributed by atoms with Crippen LogP contribution in [0.5, 0.6) is 11.5 Å². The molecule has 0 saturated heterocycles. The van der Waals surface area contributed by atoms with Gasteiger partial charge >= 0.3 is 0 Å². The molecule has 0 radical (unpaired) electrons. The van der Waals surface area contributed by atoms with Gasteiger partial charge in [-0.3, -0.25) is 0 Å². The molecule has 0 aliphatic rings. The number of alkyl halides is 1. The van der Waals surface area contributed by atoms with Crippen molar-refractivity contribution in [1.29, 1.82) is 0 Å². The van der Waals surface area contributed by atoms with Crippen LogP contribution >= 0.6 is 46.4 Å². The highest BCUT2D eigenvalue weighted by atomic mass is 35.5. The zero-order valence-corrected chi connectivity index (χ0v) is 12.1. The standard InChI is InChI=1S/C13H8Cl4O/c14-7-8-3-9(15)1-2-13(8)18-12-5-10(16)4-11(17)6-12/h1-6H,7H2. The molecule has 5 heteroatoms. The molecule has 0 saturated carbocycles. The Morgan fingerprint density at radius 3 is 2.11 bits per heavy atom. The van der Waals surface area contributed by atoms with Gasteiger partial charge in [-0.2, -0.15) is 0 Å². The summed E-state index contributed by atoms with van der Waals surface area (Å²) >= 11 is 23.5. The fraction of sp³-hybridized carbons (Fsp3) is 0.0769. The van der Waals surface area contributed by atoms with Gasteiger partial charge < -0.3 is 4.74 Å². The number of benzene rings is 2. The number of hydrogen-bond acceptors (Lipinski definition) is 1. The van der Waals surface area contributed by atoms with E-state index >= 15 is 0 Å². The molecule has 0 N–H and O–H groups in total. The maximum atomic E-state index is 5.90. The fourth-order valence-electron chi connectivity index (χ4n) is 1.47.